The highest BCUT2D eigenvalue weighted by Gasteiger charge is 2.53. The van der Waals surface area contributed by atoms with E-state index in [4.69, 9.17) is 14.6 Å². The number of aliphatic carboxylic acids is 1. The number of carboxylic acids is 1. The highest BCUT2D eigenvalue weighted by Crippen LogP contribution is 2.40. The first-order chi connectivity index (χ1) is 20.8. The zero-order valence-corrected chi connectivity index (χ0v) is 26.4. The molecule has 2 aromatic rings. The van der Waals surface area contributed by atoms with Crippen LogP contribution in [-0.2, 0) is 30.5 Å². The average molecular weight is 633 g/mol. The molecule has 2 unspecified atom stereocenters. The number of nitrogens with one attached hydrogen (secondary N) is 2. The number of ether oxygens (including phenoxy) is 2. The van der Waals surface area contributed by atoms with Gasteiger partial charge in [-0.1, -0.05) is 32.9 Å². The molecule has 2 aliphatic rings. The molecule has 3 N–H and O–H groups in total. The van der Waals surface area contributed by atoms with Crippen LogP contribution < -0.4 is 15.4 Å². The van der Waals surface area contributed by atoms with Crippen molar-refractivity contribution in [1.82, 2.24) is 20.5 Å². The predicted octanol–water partition coefficient (Wildman–Crippen LogP) is 3.63. The third kappa shape index (κ3) is 8.32. The van der Waals surface area contributed by atoms with Gasteiger partial charge >= 0.3 is 5.97 Å². The van der Waals surface area contributed by atoms with Crippen molar-refractivity contribution in [2.24, 2.45) is 5.41 Å². The minimum absolute atomic E-state index is 0.0761. The predicted molar refractivity (Wildman–Crippen MR) is 162 cm³/mol. The summed E-state index contributed by atoms with van der Waals surface area (Å²) >= 11 is 1.50. The fourth-order valence-corrected chi connectivity index (χ4v) is 5.84. The number of carboxylic acid groups (broad SMARTS) is 1. The Morgan fingerprint density at radius 3 is 2.59 bits per heavy atom. The van der Waals surface area contributed by atoms with Gasteiger partial charge in [0.15, 0.2) is 5.67 Å². The van der Waals surface area contributed by atoms with Crippen molar-refractivity contribution in [3.8, 4) is 16.2 Å². The average Bonchev–Trinajstić information content (AvgIpc) is 3.32. The summed E-state index contributed by atoms with van der Waals surface area (Å²) in [5, 5.41) is 14.3. The molecule has 44 heavy (non-hydrogen) atoms. The largest absolute Gasteiger partial charge is 0.491 e. The Morgan fingerprint density at radius 2 is 1.95 bits per heavy atom. The molecule has 1 aromatic carbocycles. The van der Waals surface area contributed by atoms with E-state index in [1.54, 1.807) is 26.3 Å². The minimum atomic E-state index is -1.91. The molecule has 2 heterocycles. The highest BCUT2D eigenvalue weighted by molar-refractivity contribution is 7.13. The van der Waals surface area contributed by atoms with Gasteiger partial charge in [-0.15, -0.1) is 11.3 Å². The van der Waals surface area contributed by atoms with Gasteiger partial charge in [0, 0.05) is 18.7 Å². The van der Waals surface area contributed by atoms with Crippen LogP contribution in [0, 0.1) is 12.3 Å². The first-order valence-corrected chi connectivity index (χ1v) is 15.7. The van der Waals surface area contributed by atoms with Gasteiger partial charge in [-0.3, -0.25) is 19.2 Å². The molecule has 1 aromatic heterocycles. The van der Waals surface area contributed by atoms with Crippen LogP contribution in [0.15, 0.2) is 23.7 Å². The number of carbonyl (C=O) groups is 4. The number of rotatable bonds is 14. The molecule has 1 saturated carbocycles. The van der Waals surface area contributed by atoms with Crippen molar-refractivity contribution < 1.29 is 38.1 Å². The molecule has 1 saturated heterocycles. The van der Waals surface area contributed by atoms with Crippen molar-refractivity contribution in [3.63, 3.8) is 0 Å². The molecule has 0 radical (unpaired) electrons. The van der Waals surface area contributed by atoms with E-state index < -0.39 is 41.0 Å². The van der Waals surface area contributed by atoms with Gasteiger partial charge < -0.3 is 30.1 Å². The number of halogens is 1. The number of alkyl halides is 1. The Bertz CT molecular complexity index is 1370. The zero-order chi connectivity index (χ0) is 32.1. The Morgan fingerprint density at radius 1 is 1.20 bits per heavy atom. The molecule has 4 rings (SSSR count). The smallest absolute Gasteiger partial charge is 0.305 e. The number of nitrogens with zero attached hydrogens (tertiary/aromatic N) is 2. The van der Waals surface area contributed by atoms with Crippen molar-refractivity contribution in [3.05, 3.63) is 35.0 Å². The standard InChI is InChI=1S/C31H41FN4O7S/c1-19-25(44-18-34-19)20-7-8-21(23(16-20)43-15-14-42-13-9-24(37)38)17-33-27(39)22-6-5-12-36(22)28(40)26(30(2,3)4)35-29(41)31(32)10-11-31/h7-8,16,18,22,26H,5-6,9-15,17H2,1-4H3,(H,33,39)(H,35,41)(H,37,38). The third-order valence-corrected chi connectivity index (χ3v) is 8.77. The molecule has 13 heteroatoms. The van der Waals surface area contributed by atoms with Gasteiger partial charge in [-0.05, 0) is 49.7 Å². The Balaban J connectivity index is 1.43. The van der Waals surface area contributed by atoms with Gasteiger partial charge in [-0.25, -0.2) is 9.37 Å². The molecule has 0 bridgehead atoms. The lowest BCUT2D eigenvalue weighted by Gasteiger charge is -2.35. The van der Waals surface area contributed by atoms with E-state index in [2.05, 4.69) is 15.6 Å². The van der Waals surface area contributed by atoms with Crippen LogP contribution >= 0.6 is 11.3 Å². The number of carbonyl (C=O) groups excluding carboxylic acids is 3. The normalized spacial score (nSPS) is 18.0. The number of aromatic nitrogens is 1. The lowest BCUT2D eigenvalue weighted by molar-refractivity contribution is -0.144. The number of hydrogen-bond acceptors (Lipinski definition) is 8. The second kappa shape index (κ2) is 14.0. The van der Waals surface area contributed by atoms with Crippen LogP contribution in [-0.4, -0.2) is 82.8 Å². The quantitative estimate of drug-likeness (QED) is 0.268. The molecule has 2 atom stereocenters. The number of likely N-dealkylation sites (tertiary alicyclic amines) is 1. The van der Waals surface area contributed by atoms with Gasteiger partial charge in [0.1, 0.15) is 24.4 Å². The summed E-state index contributed by atoms with van der Waals surface area (Å²) < 4.78 is 25.8. The second-order valence-corrected chi connectivity index (χ2v) is 13.2. The third-order valence-electron chi connectivity index (χ3n) is 7.80. The summed E-state index contributed by atoms with van der Waals surface area (Å²) in [4.78, 5) is 57.1. The first-order valence-electron chi connectivity index (χ1n) is 14.8. The van der Waals surface area contributed by atoms with Crippen LogP contribution in [0.2, 0.25) is 0 Å². The van der Waals surface area contributed by atoms with Gasteiger partial charge in [0.05, 0.1) is 35.7 Å². The maximum Gasteiger partial charge on any atom is 0.305 e. The lowest BCUT2D eigenvalue weighted by atomic mass is 9.85. The summed E-state index contributed by atoms with van der Waals surface area (Å²) in [5.74, 6) is -1.91. The Hall–Kier alpha value is -3.58. The summed E-state index contributed by atoms with van der Waals surface area (Å²) in [7, 11) is 0. The maximum absolute atomic E-state index is 14.4. The molecular weight excluding hydrogens is 591 g/mol. The summed E-state index contributed by atoms with van der Waals surface area (Å²) in [6.07, 6.45) is 1.29. The van der Waals surface area contributed by atoms with Gasteiger partial charge in [-0.2, -0.15) is 0 Å². The monoisotopic (exact) mass is 632 g/mol. The van der Waals surface area contributed by atoms with Crippen LogP contribution in [0.1, 0.15) is 64.1 Å². The van der Waals surface area contributed by atoms with Crippen molar-refractivity contribution >= 4 is 35.0 Å². The van der Waals surface area contributed by atoms with E-state index in [1.807, 2.05) is 25.1 Å². The second-order valence-electron chi connectivity index (χ2n) is 12.3. The topological polar surface area (TPSA) is 147 Å². The molecule has 1 aliphatic heterocycles. The van der Waals surface area contributed by atoms with Crippen LogP contribution in [0.5, 0.6) is 5.75 Å². The van der Waals surface area contributed by atoms with E-state index in [0.29, 0.717) is 30.7 Å². The van der Waals surface area contributed by atoms with E-state index in [1.165, 1.54) is 16.2 Å². The van der Waals surface area contributed by atoms with Crippen LogP contribution in [0.3, 0.4) is 0 Å². The molecule has 0 spiro atoms. The van der Waals surface area contributed by atoms with Crippen LogP contribution in [0.25, 0.3) is 10.4 Å². The maximum atomic E-state index is 14.4. The van der Waals surface area contributed by atoms with Crippen molar-refractivity contribution in [2.45, 2.75) is 84.1 Å². The van der Waals surface area contributed by atoms with Gasteiger partial charge in [0.25, 0.3) is 5.91 Å². The number of thiazole rings is 1. The summed E-state index contributed by atoms with van der Waals surface area (Å²) in [6.45, 7) is 8.26. The number of hydrogen-bond donors (Lipinski definition) is 3. The van der Waals surface area contributed by atoms with E-state index in [9.17, 15) is 23.6 Å². The van der Waals surface area contributed by atoms with E-state index in [-0.39, 0.29) is 51.5 Å². The fourth-order valence-electron chi connectivity index (χ4n) is 5.04. The molecule has 2 fully saturated rings. The molecule has 1 aliphatic carbocycles. The molecule has 11 nitrogen and oxygen atoms in total. The fraction of sp³-hybridized carbons (Fsp3) is 0.581. The van der Waals surface area contributed by atoms with Crippen molar-refractivity contribution in [2.75, 3.05) is 26.4 Å². The van der Waals surface area contributed by atoms with Crippen LogP contribution in [0.4, 0.5) is 4.39 Å². The first kappa shape index (κ1) is 33.3. The SMILES string of the molecule is Cc1ncsc1-c1ccc(CNC(=O)C2CCCN2C(=O)C(NC(=O)C2(F)CC2)C(C)(C)C)c(OCCOCCC(=O)O)c1. The number of amides is 3. The Labute approximate surface area is 260 Å². The summed E-state index contributed by atoms with van der Waals surface area (Å²) in [6, 6.07) is 3.96. The van der Waals surface area contributed by atoms with Crippen molar-refractivity contribution in [1.29, 1.82) is 0 Å². The number of aryl methyl sites for hydroxylation is 1. The minimum Gasteiger partial charge on any atom is -0.491 e. The Kier molecular flexibility index (Phi) is 10.6. The molecular formula is C31H41FN4O7S. The van der Waals surface area contributed by atoms with E-state index >= 15 is 0 Å². The highest BCUT2D eigenvalue weighted by atomic mass is 32.1. The van der Waals surface area contributed by atoms with Gasteiger partial charge in [0.2, 0.25) is 11.8 Å². The number of benzene rings is 1. The molecule has 3 amide bonds. The lowest BCUT2D eigenvalue weighted by Crippen LogP contribution is -2.58. The zero-order valence-electron chi connectivity index (χ0n) is 25.6. The van der Waals surface area contributed by atoms with E-state index in [0.717, 1.165) is 16.1 Å². The molecule has 240 valence electrons. The summed E-state index contributed by atoms with van der Waals surface area (Å²) in [5.41, 5.74) is 1.66.